The van der Waals surface area contributed by atoms with Gasteiger partial charge in [-0.3, -0.25) is 0 Å². The van der Waals surface area contributed by atoms with Crippen molar-refractivity contribution in [1.82, 2.24) is 0 Å². The van der Waals surface area contributed by atoms with E-state index in [2.05, 4.69) is 18.8 Å². The zero-order valence-electron chi connectivity index (χ0n) is 5.57. The van der Waals surface area contributed by atoms with E-state index in [1.807, 2.05) is 6.92 Å². The summed E-state index contributed by atoms with van der Waals surface area (Å²) >= 11 is 0. The van der Waals surface area contributed by atoms with Crippen LogP contribution < -0.4 is 5.73 Å². The second-order valence-electron chi connectivity index (χ2n) is 1.97. The van der Waals surface area contributed by atoms with Crippen molar-refractivity contribution in [2.45, 2.75) is 20.3 Å². The van der Waals surface area contributed by atoms with Gasteiger partial charge in [-0.15, -0.1) is 11.8 Å². The van der Waals surface area contributed by atoms with Crippen LogP contribution in [0.2, 0.25) is 0 Å². The smallest absolute Gasteiger partial charge is 0.0126 e. The lowest BCUT2D eigenvalue weighted by Crippen LogP contribution is -2.09. The summed E-state index contributed by atoms with van der Waals surface area (Å²) in [5.74, 6) is 6.35. The minimum Gasteiger partial charge on any atom is -0.330 e. The topological polar surface area (TPSA) is 26.0 Å². The Labute approximate surface area is 51.3 Å². The predicted octanol–water partition coefficient (Wildman–Crippen LogP) is 0.995. The Morgan fingerprint density at radius 1 is 1.62 bits per heavy atom. The molecule has 1 nitrogen and oxygen atoms in total. The van der Waals surface area contributed by atoms with Gasteiger partial charge in [-0.1, -0.05) is 6.92 Å². The van der Waals surface area contributed by atoms with E-state index < -0.39 is 0 Å². The summed E-state index contributed by atoms with van der Waals surface area (Å²) in [5.41, 5.74) is 5.35. The molecule has 1 atom stereocenters. The lowest BCUT2D eigenvalue weighted by Gasteiger charge is -1.99. The van der Waals surface area contributed by atoms with Gasteiger partial charge < -0.3 is 5.73 Å². The Hall–Kier alpha value is -0.480. The van der Waals surface area contributed by atoms with Crippen LogP contribution >= 0.6 is 0 Å². The van der Waals surface area contributed by atoms with E-state index in [-0.39, 0.29) is 0 Å². The molecule has 0 amide bonds. The van der Waals surface area contributed by atoms with E-state index in [4.69, 9.17) is 5.73 Å². The Morgan fingerprint density at radius 2 is 2.25 bits per heavy atom. The molecule has 0 aliphatic heterocycles. The zero-order chi connectivity index (χ0) is 6.41. The third-order valence-electron chi connectivity index (χ3n) is 1.03. The largest absolute Gasteiger partial charge is 0.330 e. The van der Waals surface area contributed by atoms with Crippen LogP contribution in [0.15, 0.2) is 0 Å². The van der Waals surface area contributed by atoms with Gasteiger partial charge in [0.1, 0.15) is 0 Å². The normalized spacial score (nSPS) is 11.9. The maximum atomic E-state index is 5.35. The Morgan fingerprint density at radius 3 is 2.62 bits per heavy atom. The molecule has 0 rings (SSSR count). The van der Waals surface area contributed by atoms with Crippen LogP contribution in [0.4, 0.5) is 0 Å². The predicted molar refractivity (Wildman–Crippen MR) is 36.3 cm³/mol. The van der Waals surface area contributed by atoms with Gasteiger partial charge in [-0.2, -0.15) is 0 Å². The fourth-order valence-corrected chi connectivity index (χ4v) is 0.360. The molecule has 0 aromatic heterocycles. The van der Waals surface area contributed by atoms with Crippen molar-refractivity contribution in [2.75, 3.05) is 6.54 Å². The first-order valence-corrected chi connectivity index (χ1v) is 2.91. The Kier molecular flexibility index (Phi) is 4.39. The Balaban J connectivity index is 3.19. The summed E-state index contributed by atoms with van der Waals surface area (Å²) in [7, 11) is 0. The van der Waals surface area contributed by atoms with Gasteiger partial charge in [0.15, 0.2) is 0 Å². The van der Waals surface area contributed by atoms with E-state index in [1.165, 1.54) is 0 Å². The van der Waals surface area contributed by atoms with Crippen molar-refractivity contribution >= 4 is 0 Å². The monoisotopic (exact) mass is 111 g/mol. The van der Waals surface area contributed by atoms with Gasteiger partial charge in [0, 0.05) is 6.42 Å². The molecule has 0 saturated heterocycles. The number of hydrogen-bond donors (Lipinski definition) is 1. The van der Waals surface area contributed by atoms with Crippen molar-refractivity contribution in [3.63, 3.8) is 0 Å². The van der Waals surface area contributed by atoms with Gasteiger partial charge in [-0.25, -0.2) is 0 Å². The minimum atomic E-state index is 0.558. The maximum Gasteiger partial charge on any atom is 0.0126 e. The van der Waals surface area contributed by atoms with Crippen molar-refractivity contribution in [3.05, 3.63) is 0 Å². The maximum absolute atomic E-state index is 5.35. The van der Waals surface area contributed by atoms with E-state index in [1.54, 1.807) is 0 Å². The molecule has 0 saturated carbocycles. The molecule has 2 N–H and O–H groups in total. The highest BCUT2D eigenvalue weighted by Crippen LogP contribution is 1.94. The lowest BCUT2D eigenvalue weighted by molar-refractivity contribution is 0.615. The molecule has 1 heteroatoms. The standard InChI is InChI=1S/C7H13N/c1-3-4-5-7(2)6-8/h7H,5-6,8H2,1-2H3/t7-/m1/s1. The van der Waals surface area contributed by atoms with Gasteiger partial charge in [0.05, 0.1) is 0 Å². The first-order valence-electron chi connectivity index (χ1n) is 2.91. The molecule has 0 unspecified atom stereocenters. The van der Waals surface area contributed by atoms with Crippen LogP contribution in [0.3, 0.4) is 0 Å². The fourth-order valence-electron chi connectivity index (χ4n) is 0.360. The minimum absolute atomic E-state index is 0.558. The van der Waals surface area contributed by atoms with E-state index in [0.717, 1.165) is 13.0 Å². The summed E-state index contributed by atoms with van der Waals surface area (Å²) in [6, 6.07) is 0. The van der Waals surface area contributed by atoms with E-state index >= 15 is 0 Å². The summed E-state index contributed by atoms with van der Waals surface area (Å²) in [5, 5.41) is 0. The fraction of sp³-hybridized carbons (Fsp3) is 0.714. The third-order valence-corrected chi connectivity index (χ3v) is 1.03. The summed E-state index contributed by atoms with van der Waals surface area (Å²) < 4.78 is 0. The van der Waals surface area contributed by atoms with Gasteiger partial charge in [0.25, 0.3) is 0 Å². The molecule has 8 heavy (non-hydrogen) atoms. The molecule has 0 radical (unpaired) electrons. The second kappa shape index (κ2) is 4.67. The molecular weight excluding hydrogens is 98.1 g/mol. The molecule has 0 aromatic rings. The summed E-state index contributed by atoms with van der Waals surface area (Å²) in [4.78, 5) is 0. The number of nitrogens with two attached hydrogens (primary N) is 1. The molecule has 0 aliphatic rings. The third kappa shape index (κ3) is 3.70. The van der Waals surface area contributed by atoms with Crippen LogP contribution in [0.25, 0.3) is 0 Å². The highest BCUT2D eigenvalue weighted by molar-refractivity contribution is 4.95. The molecule has 0 heterocycles. The molecule has 0 spiro atoms. The second-order valence-corrected chi connectivity index (χ2v) is 1.97. The highest BCUT2D eigenvalue weighted by Gasteiger charge is 1.91. The van der Waals surface area contributed by atoms with Crippen molar-refractivity contribution in [2.24, 2.45) is 11.7 Å². The average molecular weight is 111 g/mol. The SMILES string of the molecule is CC#CC[C@@H](C)CN. The van der Waals surface area contributed by atoms with Crippen LogP contribution in [-0.2, 0) is 0 Å². The first-order chi connectivity index (χ1) is 3.81. The summed E-state index contributed by atoms with van der Waals surface area (Å²) in [6.45, 7) is 4.70. The van der Waals surface area contributed by atoms with Crippen molar-refractivity contribution < 1.29 is 0 Å². The van der Waals surface area contributed by atoms with E-state index in [9.17, 15) is 0 Å². The van der Waals surface area contributed by atoms with Crippen LogP contribution in [-0.4, -0.2) is 6.54 Å². The van der Waals surface area contributed by atoms with Crippen molar-refractivity contribution in [1.29, 1.82) is 0 Å². The quantitative estimate of drug-likeness (QED) is 0.528. The van der Waals surface area contributed by atoms with Crippen molar-refractivity contribution in [3.8, 4) is 11.8 Å². The average Bonchev–Trinajstić information content (AvgIpc) is 1.83. The first kappa shape index (κ1) is 7.52. The number of hydrogen-bond acceptors (Lipinski definition) is 1. The number of rotatable bonds is 2. The Bertz CT molecular complexity index is 96.7. The molecule has 0 fully saturated rings. The van der Waals surface area contributed by atoms with Gasteiger partial charge in [0.2, 0.25) is 0 Å². The molecule has 0 aromatic carbocycles. The summed E-state index contributed by atoms with van der Waals surface area (Å²) in [6.07, 6.45) is 0.938. The lowest BCUT2D eigenvalue weighted by atomic mass is 10.1. The van der Waals surface area contributed by atoms with Gasteiger partial charge in [-0.05, 0) is 19.4 Å². The van der Waals surface area contributed by atoms with E-state index in [0.29, 0.717) is 5.92 Å². The highest BCUT2D eigenvalue weighted by atomic mass is 14.5. The molecule has 46 valence electrons. The molecular formula is C7H13N. The van der Waals surface area contributed by atoms with Crippen LogP contribution in [0.5, 0.6) is 0 Å². The van der Waals surface area contributed by atoms with Crippen LogP contribution in [0, 0.1) is 17.8 Å². The van der Waals surface area contributed by atoms with Gasteiger partial charge >= 0.3 is 0 Å². The molecule has 0 aliphatic carbocycles. The van der Waals surface area contributed by atoms with Crippen LogP contribution in [0.1, 0.15) is 20.3 Å². The zero-order valence-corrected chi connectivity index (χ0v) is 5.57. The molecule has 0 bridgehead atoms.